The number of piperidine rings is 1. The van der Waals surface area contributed by atoms with E-state index in [9.17, 15) is 4.79 Å². The van der Waals surface area contributed by atoms with Gasteiger partial charge < -0.3 is 9.64 Å². The van der Waals surface area contributed by atoms with E-state index in [2.05, 4.69) is 18.8 Å². The highest BCUT2D eigenvalue weighted by Crippen LogP contribution is 2.26. The number of carbonyl (C=O) groups excluding carboxylic acids is 1. The third-order valence-corrected chi connectivity index (χ3v) is 5.69. The van der Waals surface area contributed by atoms with Gasteiger partial charge in [-0.3, -0.25) is 4.79 Å². The van der Waals surface area contributed by atoms with Crippen molar-refractivity contribution in [2.45, 2.75) is 40.7 Å². The Labute approximate surface area is 153 Å². The highest BCUT2D eigenvalue weighted by atomic mass is 32.1. The Kier molecular flexibility index (Phi) is 5.42. The van der Waals surface area contributed by atoms with E-state index in [0.29, 0.717) is 18.4 Å². The van der Waals surface area contributed by atoms with Gasteiger partial charge in [-0.05, 0) is 44.2 Å². The summed E-state index contributed by atoms with van der Waals surface area (Å²) in [7, 11) is 0. The number of thiazole rings is 1. The maximum atomic E-state index is 12.9. The van der Waals surface area contributed by atoms with Crippen molar-refractivity contribution in [3.63, 3.8) is 0 Å². The van der Waals surface area contributed by atoms with Gasteiger partial charge in [-0.25, -0.2) is 4.98 Å². The zero-order valence-corrected chi connectivity index (χ0v) is 16.2. The number of amides is 1. The average Bonchev–Trinajstić information content (AvgIpc) is 2.93. The van der Waals surface area contributed by atoms with Crippen LogP contribution < -0.4 is 4.74 Å². The molecule has 1 fully saturated rings. The Morgan fingerprint density at radius 3 is 2.48 bits per heavy atom. The molecule has 5 heteroatoms. The summed E-state index contributed by atoms with van der Waals surface area (Å²) in [6.07, 6.45) is 1.20. The lowest BCUT2D eigenvalue weighted by Crippen LogP contribution is -2.42. The van der Waals surface area contributed by atoms with Crippen LogP contribution in [0.2, 0.25) is 0 Å². The normalized spacial score (nSPS) is 20.6. The summed E-state index contributed by atoms with van der Waals surface area (Å²) in [6.45, 7) is 10.5. The van der Waals surface area contributed by atoms with E-state index in [1.807, 2.05) is 43.0 Å². The van der Waals surface area contributed by atoms with Crippen molar-refractivity contribution in [2.75, 3.05) is 13.1 Å². The molecule has 2 unspecified atom stereocenters. The molecule has 2 heterocycles. The second kappa shape index (κ2) is 7.56. The van der Waals surface area contributed by atoms with E-state index >= 15 is 0 Å². The predicted octanol–water partition coefficient (Wildman–Crippen LogP) is 4.46. The smallest absolute Gasteiger partial charge is 0.265 e. The Bertz CT molecular complexity index is 729. The first-order valence-corrected chi connectivity index (χ1v) is 9.69. The second-order valence-corrected chi connectivity index (χ2v) is 8.36. The van der Waals surface area contributed by atoms with Crippen LogP contribution in [-0.2, 0) is 6.61 Å². The van der Waals surface area contributed by atoms with E-state index < -0.39 is 0 Å². The molecule has 0 spiro atoms. The molecule has 2 aromatic rings. The van der Waals surface area contributed by atoms with Crippen LogP contribution in [0, 0.1) is 25.7 Å². The van der Waals surface area contributed by atoms with Gasteiger partial charge in [0.1, 0.15) is 22.2 Å². The number of hydrogen-bond donors (Lipinski definition) is 0. The van der Waals surface area contributed by atoms with E-state index in [1.54, 1.807) is 0 Å². The van der Waals surface area contributed by atoms with Crippen molar-refractivity contribution < 1.29 is 9.53 Å². The Morgan fingerprint density at radius 2 is 1.84 bits per heavy atom. The van der Waals surface area contributed by atoms with Crippen molar-refractivity contribution in [1.82, 2.24) is 9.88 Å². The molecule has 0 N–H and O–H groups in total. The van der Waals surface area contributed by atoms with Crippen LogP contribution in [0.1, 0.15) is 46.2 Å². The molecular weight excluding hydrogens is 332 g/mol. The summed E-state index contributed by atoms with van der Waals surface area (Å²) in [6, 6.07) is 7.96. The van der Waals surface area contributed by atoms with Crippen molar-refractivity contribution in [3.8, 4) is 5.75 Å². The van der Waals surface area contributed by atoms with E-state index in [1.165, 1.54) is 23.3 Å². The first kappa shape index (κ1) is 17.9. The zero-order chi connectivity index (χ0) is 18.0. The molecule has 25 heavy (non-hydrogen) atoms. The maximum absolute atomic E-state index is 12.9. The van der Waals surface area contributed by atoms with Crippen molar-refractivity contribution in [3.05, 3.63) is 45.4 Å². The van der Waals surface area contributed by atoms with Gasteiger partial charge in [0.25, 0.3) is 5.91 Å². The first-order chi connectivity index (χ1) is 11.9. The molecule has 0 radical (unpaired) electrons. The largest absolute Gasteiger partial charge is 0.486 e. The predicted molar refractivity (Wildman–Crippen MR) is 101 cm³/mol. The molecule has 1 aliphatic rings. The van der Waals surface area contributed by atoms with E-state index in [-0.39, 0.29) is 5.91 Å². The molecule has 4 nitrogen and oxygen atoms in total. The molecule has 0 bridgehead atoms. The first-order valence-electron chi connectivity index (χ1n) is 8.87. The van der Waals surface area contributed by atoms with Crippen LogP contribution >= 0.6 is 11.3 Å². The van der Waals surface area contributed by atoms with Crippen molar-refractivity contribution >= 4 is 17.2 Å². The number of benzene rings is 1. The van der Waals surface area contributed by atoms with Gasteiger partial charge in [0.15, 0.2) is 0 Å². The quantitative estimate of drug-likeness (QED) is 0.810. The minimum absolute atomic E-state index is 0.120. The molecule has 1 saturated heterocycles. The minimum atomic E-state index is 0.120. The maximum Gasteiger partial charge on any atom is 0.265 e. The number of aryl methyl sites for hydroxylation is 2. The van der Waals surface area contributed by atoms with Gasteiger partial charge >= 0.3 is 0 Å². The summed E-state index contributed by atoms with van der Waals surface area (Å²) < 4.78 is 5.80. The lowest BCUT2D eigenvalue weighted by molar-refractivity contribution is 0.0627. The topological polar surface area (TPSA) is 42.4 Å². The molecule has 134 valence electrons. The van der Waals surface area contributed by atoms with E-state index in [4.69, 9.17) is 4.74 Å². The lowest BCUT2D eigenvalue weighted by atomic mass is 9.92. The Balaban J connectivity index is 1.67. The third kappa shape index (κ3) is 4.40. The Hall–Kier alpha value is -1.88. The second-order valence-electron chi connectivity index (χ2n) is 7.28. The molecule has 2 atom stereocenters. The van der Waals surface area contributed by atoms with Gasteiger partial charge in [-0.2, -0.15) is 0 Å². The number of likely N-dealkylation sites (tertiary alicyclic amines) is 1. The zero-order valence-electron chi connectivity index (χ0n) is 15.4. The summed E-state index contributed by atoms with van der Waals surface area (Å²) in [4.78, 5) is 20.2. The molecule has 0 saturated carbocycles. The van der Waals surface area contributed by atoms with Gasteiger partial charge in [0.05, 0.1) is 5.69 Å². The Morgan fingerprint density at radius 1 is 1.20 bits per heavy atom. The fourth-order valence-corrected chi connectivity index (χ4v) is 4.41. The lowest BCUT2D eigenvalue weighted by Gasteiger charge is -2.34. The van der Waals surface area contributed by atoms with Crippen LogP contribution in [0.4, 0.5) is 0 Å². The molecule has 3 rings (SSSR count). The highest BCUT2D eigenvalue weighted by molar-refractivity contribution is 7.13. The SMILES string of the molecule is Cc1ccc(OCc2nc(C)c(C(=O)N3CC(C)CC(C)C3)s2)cc1. The standard InChI is InChI=1S/C20H26N2O2S/c1-13-5-7-17(8-6-13)24-12-18-21-16(4)19(25-18)20(23)22-10-14(2)9-15(3)11-22/h5-8,14-15H,9-12H2,1-4H3. The van der Waals surface area contributed by atoms with Gasteiger partial charge in [0.2, 0.25) is 0 Å². The molecule has 1 aromatic heterocycles. The summed E-state index contributed by atoms with van der Waals surface area (Å²) in [5, 5.41) is 0.847. The fourth-order valence-electron chi connectivity index (χ4n) is 3.46. The summed E-state index contributed by atoms with van der Waals surface area (Å²) in [5.41, 5.74) is 2.01. The number of nitrogens with zero attached hydrogens (tertiary/aromatic N) is 2. The monoisotopic (exact) mass is 358 g/mol. The van der Waals surface area contributed by atoms with Crippen LogP contribution in [0.5, 0.6) is 5.75 Å². The van der Waals surface area contributed by atoms with E-state index in [0.717, 1.165) is 34.4 Å². The van der Waals surface area contributed by atoms with Gasteiger partial charge in [0, 0.05) is 13.1 Å². The molecule has 1 amide bonds. The molecule has 0 aliphatic carbocycles. The summed E-state index contributed by atoms with van der Waals surface area (Å²) in [5.74, 6) is 2.07. The third-order valence-electron chi connectivity index (χ3n) is 4.57. The van der Waals surface area contributed by atoms with Crippen LogP contribution in [0.15, 0.2) is 24.3 Å². The average molecular weight is 359 g/mol. The number of aromatic nitrogens is 1. The number of ether oxygens (including phenoxy) is 1. The number of rotatable bonds is 4. The van der Waals surface area contributed by atoms with Gasteiger partial charge in [-0.1, -0.05) is 31.5 Å². The van der Waals surface area contributed by atoms with Gasteiger partial charge in [-0.15, -0.1) is 11.3 Å². The molecular formula is C20H26N2O2S. The van der Waals surface area contributed by atoms with Crippen molar-refractivity contribution in [2.24, 2.45) is 11.8 Å². The van der Waals surface area contributed by atoms with Crippen LogP contribution in [0.3, 0.4) is 0 Å². The number of hydrogen-bond acceptors (Lipinski definition) is 4. The highest BCUT2D eigenvalue weighted by Gasteiger charge is 2.28. The minimum Gasteiger partial charge on any atom is -0.486 e. The van der Waals surface area contributed by atoms with Crippen molar-refractivity contribution in [1.29, 1.82) is 0 Å². The fraction of sp³-hybridized carbons (Fsp3) is 0.500. The van der Waals surface area contributed by atoms with Crippen LogP contribution in [-0.4, -0.2) is 28.9 Å². The van der Waals surface area contributed by atoms with Crippen LogP contribution in [0.25, 0.3) is 0 Å². The number of carbonyl (C=O) groups is 1. The molecule has 1 aromatic carbocycles. The summed E-state index contributed by atoms with van der Waals surface area (Å²) >= 11 is 1.46. The molecule has 1 aliphatic heterocycles.